The predicted octanol–water partition coefficient (Wildman–Crippen LogP) is 1.99. The fraction of sp³-hybridized carbons (Fsp3) is 0.450. The van der Waals surface area contributed by atoms with Gasteiger partial charge in [0.2, 0.25) is 0 Å². The van der Waals surface area contributed by atoms with Gasteiger partial charge in [-0.2, -0.15) is 0 Å². The number of hydrogen-bond donors (Lipinski definition) is 0. The van der Waals surface area contributed by atoms with Crippen molar-refractivity contribution < 1.29 is 9.53 Å². The Morgan fingerprint density at radius 3 is 2.69 bits per heavy atom. The summed E-state index contributed by atoms with van der Waals surface area (Å²) >= 11 is 0. The summed E-state index contributed by atoms with van der Waals surface area (Å²) in [6.07, 6.45) is 0. The molecule has 6 heteroatoms. The van der Waals surface area contributed by atoms with E-state index in [0.717, 1.165) is 12.2 Å². The number of hydrogen-bond acceptors (Lipinski definition) is 5. The van der Waals surface area contributed by atoms with Crippen LogP contribution in [0.4, 0.5) is 0 Å². The summed E-state index contributed by atoms with van der Waals surface area (Å²) in [6.45, 7) is 7.31. The van der Waals surface area contributed by atoms with Crippen LogP contribution in [0.1, 0.15) is 33.6 Å². The Bertz CT molecular complexity index is 775. The maximum atomic E-state index is 12.9. The smallest absolute Gasteiger partial charge is 0.272 e. The van der Waals surface area contributed by atoms with Gasteiger partial charge in [0, 0.05) is 25.3 Å². The minimum Gasteiger partial charge on any atom is -0.378 e. The summed E-state index contributed by atoms with van der Waals surface area (Å²) < 4.78 is 5.87. The number of morpholine rings is 1. The van der Waals surface area contributed by atoms with Crippen molar-refractivity contribution in [2.45, 2.75) is 25.9 Å². The van der Waals surface area contributed by atoms with Gasteiger partial charge in [0.05, 0.1) is 25.3 Å². The molecule has 2 aliphatic rings. The average molecular weight is 352 g/mol. The lowest BCUT2D eigenvalue weighted by atomic mass is 10.00. The molecule has 6 nitrogen and oxygen atoms in total. The van der Waals surface area contributed by atoms with Gasteiger partial charge in [0.15, 0.2) is 0 Å². The summed E-state index contributed by atoms with van der Waals surface area (Å²) in [4.78, 5) is 25.9. The van der Waals surface area contributed by atoms with E-state index in [2.05, 4.69) is 39.1 Å². The predicted molar refractivity (Wildman–Crippen MR) is 97.9 cm³/mol. The fourth-order valence-corrected chi connectivity index (χ4v) is 3.98. The molecule has 4 rings (SSSR count). The minimum absolute atomic E-state index is 0.0138. The lowest BCUT2D eigenvalue weighted by Crippen LogP contribution is -2.60. The molecule has 2 fully saturated rings. The van der Waals surface area contributed by atoms with Crippen LogP contribution in [-0.4, -0.2) is 64.6 Å². The Morgan fingerprint density at radius 1 is 1.12 bits per heavy atom. The highest BCUT2D eigenvalue weighted by Gasteiger charge is 2.38. The molecule has 136 valence electrons. The molecule has 2 saturated heterocycles. The van der Waals surface area contributed by atoms with Crippen LogP contribution in [0.3, 0.4) is 0 Å². The molecule has 1 amide bonds. The molecule has 0 saturated carbocycles. The van der Waals surface area contributed by atoms with E-state index in [1.807, 2.05) is 24.8 Å². The van der Waals surface area contributed by atoms with E-state index in [4.69, 9.17) is 4.74 Å². The molecule has 0 N–H and O–H groups in total. The third-order valence-electron chi connectivity index (χ3n) is 5.17. The van der Waals surface area contributed by atoms with E-state index in [0.29, 0.717) is 37.8 Å². The molecule has 0 aliphatic carbocycles. The molecule has 2 aliphatic heterocycles. The van der Waals surface area contributed by atoms with Crippen LogP contribution >= 0.6 is 0 Å². The number of aryl methyl sites for hydroxylation is 2. The van der Waals surface area contributed by atoms with Crippen LogP contribution in [0, 0.1) is 13.8 Å². The Balaban J connectivity index is 1.50. The van der Waals surface area contributed by atoms with Crippen LogP contribution in [0.2, 0.25) is 0 Å². The second-order valence-electron chi connectivity index (χ2n) is 7.05. The van der Waals surface area contributed by atoms with Crippen LogP contribution in [0.5, 0.6) is 0 Å². The van der Waals surface area contributed by atoms with Crippen LogP contribution < -0.4 is 0 Å². The molecule has 1 aromatic carbocycles. The summed E-state index contributed by atoms with van der Waals surface area (Å²) in [5.41, 5.74) is 2.59. The van der Waals surface area contributed by atoms with Gasteiger partial charge in [-0.3, -0.25) is 9.69 Å². The largest absolute Gasteiger partial charge is 0.378 e. The molecule has 0 spiro atoms. The summed E-state index contributed by atoms with van der Waals surface area (Å²) in [5.74, 6) is 0.622. The van der Waals surface area contributed by atoms with Crippen molar-refractivity contribution in [1.29, 1.82) is 0 Å². The Labute approximate surface area is 153 Å². The van der Waals surface area contributed by atoms with Gasteiger partial charge in [0.25, 0.3) is 5.91 Å². The zero-order valence-corrected chi connectivity index (χ0v) is 15.3. The quantitative estimate of drug-likeness (QED) is 0.827. The van der Waals surface area contributed by atoms with Gasteiger partial charge >= 0.3 is 0 Å². The zero-order valence-electron chi connectivity index (χ0n) is 15.3. The number of rotatable bonds is 2. The third kappa shape index (κ3) is 3.34. The monoisotopic (exact) mass is 352 g/mol. The van der Waals surface area contributed by atoms with E-state index >= 15 is 0 Å². The molecule has 2 aromatic rings. The van der Waals surface area contributed by atoms with Gasteiger partial charge in [-0.15, -0.1) is 0 Å². The molecule has 0 bridgehead atoms. The first-order valence-corrected chi connectivity index (χ1v) is 9.12. The molecule has 26 heavy (non-hydrogen) atoms. The van der Waals surface area contributed by atoms with Crippen LogP contribution in [-0.2, 0) is 4.74 Å². The first-order chi connectivity index (χ1) is 12.6. The number of fused-ring (bicyclic) bond motifs is 1. The highest BCUT2D eigenvalue weighted by molar-refractivity contribution is 5.92. The van der Waals surface area contributed by atoms with Crippen molar-refractivity contribution in [2.75, 3.05) is 32.8 Å². The van der Waals surface area contributed by atoms with Crippen molar-refractivity contribution >= 4 is 5.91 Å². The number of carbonyl (C=O) groups is 1. The van der Waals surface area contributed by atoms with Crippen molar-refractivity contribution in [2.24, 2.45) is 0 Å². The van der Waals surface area contributed by atoms with Crippen molar-refractivity contribution in [3.05, 3.63) is 59.2 Å². The second-order valence-corrected chi connectivity index (χ2v) is 7.05. The molecule has 2 atom stereocenters. The van der Waals surface area contributed by atoms with Gasteiger partial charge in [-0.1, -0.05) is 30.3 Å². The minimum atomic E-state index is -0.0138. The maximum Gasteiger partial charge on any atom is 0.272 e. The first-order valence-electron chi connectivity index (χ1n) is 9.12. The highest BCUT2D eigenvalue weighted by Crippen LogP contribution is 2.29. The Morgan fingerprint density at radius 2 is 1.92 bits per heavy atom. The van der Waals surface area contributed by atoms with Crippen LogP contribution in [0.15, 0.2) is 36.4 Å². The van der Waals surface area contributed by atoms with E-state index in [1.165, 1.54) is 5.56 Å². The maximum absolute atomic E-state index is 12.9. The van der Waals surface area contributed by atoms with E-state index < -0.39 is 0 Å². The number of piperazine rings is 1. The third-order valence-corrected chi connectivity index (χ3v) is 5.17. The lowest BCUT2D eigenvalue weighted by molar-refractivity contribution is -0.0771. The molecule has 3 heterocycles. The van der Waals surface area contributed by atoms with Gasteiger partial charge in [-0.05, 0) is 25.5 Å². The molecule has 0 radical (unpaired) electrons. The van der Waals surface area contributed by atoms with Gasteiger partial charge in [-0.25, -0.2) is 9.97 Å². The number of benzene rings is 1. The number of ether oxygens (including phenoxy) is 1. The SMILES string of the molecule is Cc1cc(C(=O)N2CCN3[C@@H](COC[C@@H]3c3ccccc3)C2)nc(C)n1. The summed E-state index contributed by atoms with van der Waals surface area (Å²) in [5, 5.41) is 0. The van der Waals surface area contributed by atoms with Crippen molar-refractivity contribution in [3.8, 4) is 0 Å². The zero-order chi connectivity index (χ0) is 18.1. The Kier molecular flexibility index (Phi) is 4.70. The molecular weight excluding hydrogens is 328 g/mol. The summed E-state index contributed by atoms with van der Waals surface area (Å²) in [6, 6.07) is 12.7. The van der Waals surface area contributed by atoms with Crippen molar-refractivity contribution in [1.82, 2.24) is 19.8 Å². The fourth-order valence-electron chi connectivity index (χ4n) is 3.98. The van der Waals surface area contributed by atoms with E-state index in [-0.39, 0.29) is 18.0 Å². The standard InChI is InChI=1S/C20H24N4O2/c1-14-10-18(22-15(2)21-14)20(25)23-8-9-24-17(11-23)12-26-13-19(24)16-6-4-3-5-7-16/h3-7,10,17,19H,8-9,11-13H2,1-2H3/t17-,19-/m1/s1. The normalized spacial score (nSPS) is 23.5. The van der Waals surface area contributed by atoms with E-state index in [9.17, 15) is 4.79 Å². The molecule has 0 unspecified atom stereocenters. The number of aromatic nitrogens is 2. The summed E-state index contributed by atoms with van der Waals surface area (Å²) in [7, 11) is 0. The van der Waals surface area contributed by atoms with Gasteiger partial charge < -0.3 is 9.64 Å². The highest BCUT2D eigenvalue weighted by atomic mass is 16.5. The first kappa shape index (κ1) is 17.1. The number of carbonyl (C=O) groups excluding carboxylic acids is 1. The average Bonchev–Trinajstić information content (AvgIpc) is 2.66. The van der Waals surface area contributed by atoms with Crippen molar-refractivity contribution in [3.63, 3.8) is 0 Å². The second kappa shape index (κ2) is 7.13. The molecular formula is C20H24N4O2. The van der Waals surface area contributed by atoms with Gasteiger partial charge in [0.1, 0.15) is 11.5 Å². The topological polar surface area (TPSA) is 58.6 Å². The lowest BCUT2D eigenvalue weighted by Gasteiger charge is -2.48. The van der Waals surface area contributed by atoms with Crippen LogP contribution in [0.25, 0.3) is 0 Å². The van der Waals surface area contributed by atoms with E-state index in [1.54, 1.807) is 6.07 Å². The number of nitrogens with zero attached hydrogens (tertiary/aromatic N) is 4. The molecule has 1 aromatic heterocycles. The Hall–Kier alpha value is -2.31. The number of amides is 1.